The van der Waals surface area contributed by atoms with Gasteiger partial charge in [-0.2, -0.15) is 0 Å². The van der Waals surface area contributed by atoms with Gasteiger partial charge in [-0.25, -0.2) is 0 Å². The number of nitrogens with zero attached hydrogens (tertiary/aromatic N) is 1. The lowest BCUT2D eigenvalue weighted by Gasteiger charge is -2.18. The first-order chi connectivity index (χ1) is 10.8. The Labute approximate surface area is 132 Å². The minimum atomic E-state index is 0.181. The molecule has 0 aliphatic carbocycles. The maximum absolute atomic E-state index is 5.32. The quantitative estimate of drug-likeness (QED) is 0.468. The van der Waals surface area contributed by atoms with Crippen LogP contribution in [0.15, 0.2) is 70.8 Å². The Kier molecular flexibility index (Phi) is 6.30. The van der Waals surface area contributed by atoms with E-state index in [4.69, 9.17) is 4.42 Å². The van der Waals surface area contributed by atoms with Crippen LogP contribution in [-0.2, 0) is 6.42 Å². The summed E-state index contributed by atoms with van der Waals surface area (Å²) in [5.74, 6) is 1.73. The van der Waals surface area contributed by atoms with Crippen LogP contribution < -0.4 is 10.6 Å². The van der Waals surface area contributed by atoms with E-state index in [1.165, 1.54) is 5.56 Å². The van der Waals surface area contributed by atoms with Gasteiger partial charge in [0.2, 0.25) is 0 Å². The summed E-state index contributed by atoms with van der Waals surface area (Å²) in [6, 6.07) is 14.3. The van der Waals surface area contributed by atoms with Crippen LogP contribution in [0.25, 0.3) is 0 Å². The third kappa shape index (κ3) is 5.13. The Morgan fingerprint density at radius 2 is 2.09 bits per heavy atom. The van der Waals surface area contributed by atoms with Crippen molar-refractivity contribution in [3.8, 4) is 0 Å². The maximum Gasteiger partial charge on any atom is 0.191 e. The monoisotopic (exact) mass is 297 g/mol. The second-order valence-electron chi connectivity index (χ2n) is 5.01. The van der Waals surface area contributed by atoms with Crippen molar-refractivity contribution >= 4 is 5.96 Å². The van der Waals surface area contributed by atoms with Gasteiger partial charge >= 0.3 is 0 Å². The van der Waals surface area contributed by atoms with Gasteiger partial charge < -0.3 is 15.1 Å². The van der Waals surface area contributed by atoms with Gasteiger partial charge in [0.05, 0.1) is 12.3 Å². The highest BCUT2D eigenvalue weighted by Gasteiger charge is 2.07. The minimum Gasteiger partial charge on any atom is -0.469 e. The molecular weight excluding hydrogens is 274 g/mol. The van der Waals surface area contributed by atoms with Gasteiger partial charge in [-0.05, 0) is 24.6 Å². The molecule has 0 saturated carbocycles. The molecule has 22 heavy (non-hydrogen) atoms. The molecule has 1 unspecified atom stereocenters. The second-order valence-corrected chi connectivity index (χ2v) is 5.01. The molecule has 2 N–H and O–H groups in total. The molecule has 0 bridgehead atoms. The molecule has 1 aromatic carbocycles. The first-order valence-corrected chi connectivity index (χ1v) is 7.52. The van der Waals surface area contributed by atoms with Gasteiger partial charge in [-0.15, -0.1) is 6.58 Å². The number of nitrogens with one attached hydrogen (secondary N) is 2. The molecule has 1 heterocycles. The summed E-state index contributed by atoms with van der Waals surface area (Å²) in [5.41, 5.74) is 1.22. The third-order valence-electron chi connectivity index (χ3n) is 3.27. The fourth-order valence-corrected chi connectivity index (χ4v) is 2.08. The second kappa shape index (κ2) is 8.72. The molecule has 2 aromatic rings. The van der Waals surface area contributed by atoms with Gasteiger partial charge in [0.15, 0.2) is 5.96 Å². The predicted octanol–water partition coefficient (Wildman–Crippen LogP) is 3.30. The first-order valence-electron chi connectivity index (χ1n) is 7.52. The molecule has 0 aliphatic rings. The van der Waals surface area contributed by atoms with E-state index >= 15 is 0 Å². The highest BCUT2D eigenvalue weighted by atomic mass is 16.3. The molecule has 2 rings (SSSR count). The van der Waals surface area contributed by atoms with E-state index in [1.807, 2.05) is 36.4 Å². The van der Waals surface area contributed by atoms with Crippen molar-refractivity contribution < 1.29 is 4.42 Å². The first kappa shape index (κ1) is 15.9. The van der Waals surface area contributed by atoms with Crippen molar-refractivity contribution in [3.05, 3.63) is 72.7 Å². The lowest BCUT2D eigenvalue weighted by atomic mass is 10.1. The smallest absolute Gasteiger partial charge is 0.191 e. The number of rotatable bonds is 7. The molecule has 0 amide bonds. The van der Waals surface area contributed by atoms with E-state index < -0.39 is 0 Å². The van der Waals surface area contributed by atoms with Gasteiger partial charge in [0, 0.05) is 19.5 Å². The van der Waals surface area contributed by atoms with Crippen LogP contribution in [0.4, 0.5) is 0 Å². The van der Waals surface area contributed by atoms with Crippen LogP contribution in [0.5, 0.6) is 0 Å². The lowest BCUT2D eigenvalue weighted by molar-refractivity contribution is 0.510. The summed E-state index contributed by atoms with van der Waals surface area (Å²) in [6.45, 7) is 7.19. The highest BCUT2D eigenvalue weighted by Crippen LogP contribution is 2.10. The van der Waals surface area contributed by atoms with Gasteiger partial charge in [0.25, 0.3) is 0 Å². The molecular formula is C18H23N3O. The van der Waals surface area contributed by atoms with Crippen LogP contribution in [0, 0.1) is 0 Å². The van der Waals surface area contributed by atoms with Crippen molar-refractivity contribution in [1.29, 1.82) is 0 Å². The topological polar surface area (TPSA) is 49.6 Å². The molecule has 0 fully saturated rings. The van der Waals surface area contributed by atoms with Crippen molar-refractivity contribution in [2.45, 2.75) is 19.4 Å². The van der Waals surface area contributed by atoms with Crippen molar-refractivity contribution in [2.24, 2.45) is 4.99 Å². The summed E-state index contributed by atoms with van der Waals surface area (Å²) >= 11 is 0. The van der Waals surface area contributed by atoms with E-state index in [2.05, 4.69) is 41.3 Å². The Morgan fingerprint density at radius 1 is 1.27 bits per heavy atom. The zero-order chi connectivity index (χ0) is 15.6. The summed E-state index contributed by atoms with van der Waals surface area (Å²) in [7, 11) is 0. The molecule has 0 aliphatic heterocycles. The molecule has 0 radical (unpaired) electrons. The number of hydrogen-bond acceptors (Lipinski definition) is 2. The summed E-state index contributed by atoms with van der Waals surface area (Å²) in [6.07, 6.45) is 4.29. The average Bonchev–Trinajstić information content (AvgIpc) is 3.06. The lowest BCUT2D eigenvalue weighted by Crippen LogP contribution is -2.39. The molecule has 0 spiro atoms. The van der Waals surface area contributed by atoms with Crippen LogP contribution in [0.2, 0.25) is 0 Å². The number of benzene rings is 1. The van der Waals surface area contributed by atoms with E-state index in [-0.39, 0.29) is 6.04 Å². The summed E-state index contributed by atoms with van der Waals surface area (Å²) in [5, 5.41) is 6.65. The van der Waals surface area contributed by atoms with Crippen molar-refractivity contribution in [1.82, 2.24) is 10.6 Å². The Hall–Kier alpha value is -2.49. The average molecular weight is 297 g/mol. The van der Waals surface area contributed by atoms with Crippen LogP contribution >= 0.6 is 0 Å². The summed E-state index contributed by atoms with van der Waals surface area (Å²) < 4.78 is 5.32. The van der Waals surface area contributed by atoms with E-state index in [1.54, 1.807) is 6.26 Å². The maximum atomic E-state index is 5.32. The molecule has 1 atom stereocenters. The van der Waals surface area contributed by atoms with E-state index in [0.717, 1.165) is 18.1 Å². The van der Waals surface area contributed by atoms with E-state index in [0.29, 0.717) is 13.1 Å². The van der Waals surface area contributed by atoms with Crippen LogP contribution in [-0.4, -0.2) is 19.0 Å². The van der Waals surface area contributed by atoms with Crippen molar-refractivity contribution in [2.75, 3.05) is 13.1 Å². The molecule has 116 valence electrons. The number of hydrogen-bond donors (Lipinski definition) is 2. The number of furan rings is 1. The highest BCUT2D eigenvalue weighted by molar-refractivity contribution is 5.80. The van der Waals surface area contributed by atoms with Gasteiger partial charge in [-0.3, -0.25) is 4.99 Å². The summed E-state index contributed by atoms with van der Waals surface area (Å²) in [4.78, 5) is 4.59. The molecule has 0 saturated heterocycles. The van der Waals surface area contributed by atoms with Gasteiger partial charge in [0.1, 0.15) is 5.76 Å². The van der Waals surface area contributed by atoms with E-state index in [9.17, 15) is 0 Å². The Bertz CT molecular complexity index is 576. The normalized spacial score (nSPS) is 12.7. The fourth-order valence-electron chi connectivity index (χ4n) is 2.08. The third-order valence-corrected chi connectivity index (χ3v) is 3.27. The fraction of sp³-hybridized carbons (Fsp3) is 0.278. The standard InChI is InChI=1S/C18H23N3O/c1-3-12-19-18(20-13-11-17-10-7-14-22-17)21-15(2)16-8-5-4-6-9-16/h3-10,14-15H,1,11-13H2,2H3,(H2,19,20,21). The number of aliphatic imine (C=N–C) groups is 1. The minimum absolute atomic E-state index is 0.181. The molecule has 1 aromatic heterocycles. The molecule has 4 nitrogen and oxygen atoms in total. The van der Waals surface area contributed by atoms with Crippen LogP contribution in [0.3, 0.4) is 0 Å². The number of guanidine groups is 1. The zero-order valence-electron chi connectivity index (χ0n) is 13.0. The zero-order valence-corrected chi connectivity index (χ0v) is 13.0. The van der Waals surface area contributed by atoms with Crippen molar-refractivity contribution in [3.63, 3.8) is 0 Å². The Morgan fingerprint density at radius 3 is 2.77 bits per heavy atom. The van der Waals surface area contributed by atoms with Crippen LogP contribution in [0.1, 0.15) is 24.3 Å². The Balaban J connectivity index is 1.94. The molecule has 4 heteroatoms. The SMILES string of the molecule is C=CCNC(=NCCc1ccco1)NC(C)c1ccccc1. The predicted molar refractivity (Wildman–Crippen MR) is 90.9 cm³/mol. The largest absolute Gasteiger partial charge is 0.469 e. The van der Waals surface area contributed by atoms with Gasteiger partial charge in [-0.1, -0.05) is 36.4 Å².